The van der Waals surface area contributed by atoms with Crippen molar-refractivity contribution in [3.8, 4) is 5.69 Å². The zero-order chi connectivity index (χ0) is 22.1. The second-order valence-corrected chi connectivity index (χ2v) is 9.11. The number of aromatic nitrogens is 1. The summed E-state index contributed by atoms with van der Waals surface area (Å²) in [5.74, 6) is -0.145. The number of hydrogen-bond acceptors (Lipinski definition) is 3. The molecule has 4 nitrogen and oxygen atoms in total. The van der Waals surface area contributed by atoms with E-state index in [1.165, 1.54) is 17.3 Å². The molecule has 0 saturated carbocycles. The number of carbonyl (C=O) groups excluding carboxylic acids is 1. The molecule has 1 saturated heterocycles. The van der Waals surface area contributed by atoms with Crippen molar-refractivity contribution in [3.63, 3.8) is 0 Å². The molecule has 2 aromatic carbocycles. The molecule has 1 aliphatic heterocycles. The van der Waals surface area contributed by atoms with Crippen molar-refractivity contribution in [1.29, 1.82) is 0 Å². The van der Waals surface area contributed by atoms with Crippen LogP contribution in [0.4, 0.5) is 5.69 Å². The number of amidine groups is 1. The summed E-state index contributed by atoms with van der Waals surface area (Å²) in [6.45, 7) is 6.15. The van der Waals surface area contributed by atoms with Crippen molar-refractivity contribution < 1.29 is 4.79 Å². The van der Waals surface area contributed by atoms with E-state index >= 15 is 0 Å². The zero-order valence-electron chi connectivity index (χ0n) is 17.4. The normalized spacial score (nSPS) is 16.4. The van der Waals surface area contributed by atoms with Gasteiger partial charge >= 0.3 is 0 Å². The van der Waals surface area contributed by atoms with Gasteiger partial charge in [-0.1, -0.05) is 42.3 Å². The van der Waals surface area contributed by atoms with E-state index in [1.54, 1.807) is 6.07 Å². The first-order valence-electron chi connectivity index (χ1n) is 9.88. The van der Waals surface area contributed by atoms with Crippen molar-refractivity contribution >= 4 is 57.8 Å². The largest absolute Gasteiger partial charge is 0.318 e. The number of rotatable bonds is 4. The van der Waals surface area contributed by atoms with Crippen molar-refractivity contribution in [3.05, 3.63) is 86.0 Å². The van der Waals surface area contributed by atoms with Crippen molar-refractivity contribution in [1.82, 2.24) is 9.88 Å². The maximum atomic E-state index is 12.5. The topological polar surface area (TPSA) is 46.4 Å². The third-order valence-electron chi connectivity index (χ3n) is 5.14. The van der Waals surface area contributed by atoms with Gasteiger partial charge in [-0.15, -0.1) is 0 Å². The Morgan fingerprint density at radius 1 is 1.06 bits per heavy atom. The fourth-order valence-corrected chi connectivity index (χ4v) is 4.63. The summed E-state index contributed by atoms with van der Waals surface area (Å²) in [6, 6.07) is 15.6. The van der Waals surface area contributed by atoms with Crippen molar-refractivity contribution in [2.75, 3.05) is 0 Å². The summed E-state index contributed by atoms with van der Waals surface area (Å²) in [5, 5.41) is 4.46. The fourth-order valence-electron chi connectivity index (χ4n) is 3.50. The van der Waals surface area contributed by atoms with Crippen molar-refractivity contribution in [2.45, 2.75) is 27.2 Å². The summed E-state index contributed by atoms with van der Waals surface area (Å²) in [5.41, 5.74) is 6.02. The maximum absolute atomic E-state index is 12.5. The molecule has 1 amide bonds. The van der Waals surface area contributed by atoms with Gasteiger partial charge in [0, 0.05) is 17.1 Å². The minimum absolute atomic E-state index is 0.145. The molecule has 1 aromatic heterocycles. The number of carbonyl (C=O) groups is 1. The predicted molar refractivity (Wildman–Crippen MR) is 132 cm³/mol. The van der Waals surface area contributed by atoms with Crippen LogP contribution >= 0.6 is 35.0 Å². The SMILES string of the molecule is CCc1ccc(N=C2NC(=O)/C(=C\c3cc(C)n(-c4ccc(Cl)c(Cl)c4)c3C)S2)cc1. The third-order valence-corrected chi connectivity index (χ3v) is 6.79. The molecule has 1 N–H and O–H groups in total. The van der Waals surface area contributed by atoms with Gasteiger partial charge in [0.15, 0.2) is 5.17 Å². The van der Waals surface area contributed by atoms with Crippen LogP contribution in [-0.2, 0) is 11.2 Å². The van der Waals surface area contributed by atoms with Gasteiger partial charge in [-0.3, -0.25) is 4.79 Å². The number of nitrogens with one attached hydrogen (secondary N) is 1. The van der Waals surface area contributed by atoms with Crippen LogP contribution in [0.25, 0.3) is 11.8 Å². The highest BCUT2D eigenvalue weighted by Gasteiger charge is 2.24. The number of thioether (sulfide) groups is 1. The predicted octanol–water partition coefficient (Wildman–Crippen LogP) is 6.85. The van der Waals surface area contributed by atoms with Crippen LogP contribution in [0.1, 0.15) is 29.4 Å². The molecule has 1 fully saturated rings. The Balaban J connectivity index is 1.62. The highest BCUT2D eigenvalue weighted by atomic mass is 35.5. The Kier molecular flexibility index (Phi) is 6.28. The standard InChI is InChI=1S/C24H21Cl2N3OS/c1-4-16-5-7-18(8-6-16)27-24-28-23(30)22(31-24)12-17-11-14(2)29(15(17)3)19-9-10-20(25)21(26)13-19/h5-13H,4H2,1-3H3,(H,27,28,30)/b22-12+. The highest BCUT2D eigenvalue weighted by molar-refractivity contribution is 8.18. The van der Waals surface area contributed by atoms with Crippen LogP contribution in [0.15, 0.2) is 58.4 Å². The van der Waals surface area contributed by atoms with Crippen LogP contribution in [-0.4, -0.2) is 15.6 Å². The van der Waals surface area contributed by atoms with Gasteiger partial charge < -0.3 is 9.88 Å². The van der Waals surface area contributed by atoms with Crippen LogP contribution in [0.5, 0.6) is 0 Å². The van der Waals surface area contributed by atoms with Crippen LogP contribution in [0.3, 0.4) is 0 Å². The van der Waals surface area contributed by atoms with Gasteiger partial charge in [-0.25, -0.2) is 4.99 Å². The Hall–Kier alpha value is -2.47. The summed E-state index contributed by atoms with van der Waals surface area (Å²) in [6.07, 6.45) is 2.88. The molecule has 0 unspecified atom stereocenters. The molecule has 1 aliphatic rings. The zero-order valence-corrected chi connectivity index (χ0v) is 19.7. The second kappa shape index (κ2) is 8.95. The molecule has 7 heteroatoms. The Morgan fingerprint density at radius 3 is 2.48 bits per heavy atom. The molecule has 0 aliphatic carbocycles. The second-order valence-electron chi connectivity index (χ2n) is 7.26. The smallest absolute Gasteiger partial charge is 0.264 e. The molecular weight excluding hydrogens is 449 g/mol. The number of amides is 1. The lowest BCUT2D eigenvalue weighted by molar-refractivity contribution is -0.115. The Morgan fingerprint density at radius 2 is 1.81 bits per heavy atom. The molecule has 0 radical (unpaired) electrons. The first-order valence-corrected chi connectivity index (χ1v) is 11.5. The Labute approximate surface area is 196 Å². The molecular formula is C24H21Cl2N3OS. The van der Waals surface area contributed by atoms with Gasteiger partial charge in [0.1, 0.15) is 0 Å². The monoisotopic (exact) mass is 469 g/mol. The lowest BCUT2D eigenvalue weighted by Gasteiger charge is -2.10. The van der Waals surface area contributed by atoms with Gasteiger partial charge in [0.2, 0.25) is 0 Å². The van der Waals surface area contributed by atoms with Gasteiger partial charge in [0.25, 0.3) is 5.91 Å². The minimum Gasteiger partial charge on any atom is -0.318 e. The average molecular weight is 470 g/mol. The number of nitrogens with zero attached hydrogens (tertiary/aromatic N) is 2. The fraction of sp³-hybridized carbons (Fsp3) is 0.167. The summed E-state index contributed by atoms with van der Waals surface area (Å²) < 4.78 is 2.09. The molecule has 158 valence electrons. The molecule has 3 aromatic rings. The summed E-state index contributed by atoms with van der Waals surface area (Å²) >= 11 is 13.6. The van der Waals surface area contributed by atoms with Crippen molar-refractivity contribution in [2.24, 2.45) is 4.99 Å². The van der Waals surface area contributed by atoms with Gasteiger partial charge in [-0.05, 0) is 85.6 Å². The molecule has 0 spiro atoms. The van der Waals surface area contributed by atoms with Gasteiger partial charge in [-0.2, -0.15) is 0 Å². The quantitative estimate of drug-likeness (QED) is 0.424. The molecule has 0 atom stereocenters. The van der Waals surface area contributed by atoms with E-state index in [4.69, 9.17) is 23.2 Å². The first-order chi connectivity index (χ1) is 14.9. The third kappa shape index (κ3) is 4.59. The number of aryl methyl sites for hydroxylation is 2. The lowest BCUT2D eigenvalue weighted by atomic mass is 10.2. The molecule has 2 heterocycles. The number of aliphatic imine (C=N–C) groups is 1. The average Bonchev–Trinajstić information content (AvgIpc) is 3.23. The van der Waals surface area contributed by atoms with E-state index in [0.717, 1.165) is 34.7 Å². The van der Waals surface area contributed by atoms with E-state index in [2.05, 4.69) is 40.0 Å². The van der Waals surface area contributed by atoms with E-state index in [9.17, 15) is 4.79 Å². The van der Waals surface area contributed by atoms with E-state index in [-0.39, 0.29) is 5.91 Å². The van der Waals surface area contributed by atoms with E-state index in [0.29, 0.717) is 20.1 Å². The maximum Gasteiger partial charge on any atom is 0.264 e. The minimum atomic E-state index is -0.145. The van der Waals surface area contributed by atoms with E-state index < -0.39 is 0 Å². The summed E-state index contributed by atoms with van der Waals surface area (Å²) in [4.78, 5) is 17.7. The van der Waals surface area contributed by atoms with Crippen LogP contribution in [0, 0.1) is 13.8 Å². The molecule has 31 heavy (non-hydrogen) atoms. The number of halogens is 2. The Bertz CT molecular complexity index is 1230. The molecule has 4 rings (SSSR count). The highest BCUT2D eigenvalue weighted by Crippen LogP contribution is 2.32. The number of hydrogen-bond donors (Lipinski definition) is 1. The van der Waals surface area contributed by atoms with Crippen LogP contribution < -0.4 is 5.32 Å². The number of benzene rings is 2. The molecule has 0 bridgehead atoms. The van der Waals surface area contributed by atoms with Gasteiger partial charge in [0.05, 0.1) is 20.6 Å². The van der Waals surface area contributed by atoms with Crippen LogP contribution in [0.2, 0.25) is 10.0 Å². The summed E-state index contributed by atoms with van der Waals surface area (Å²) in [7, 11) is 0. The first kappa shape index (κ1) is 21.8. The van der Waals surface area contributed by atoms with E-state index in [1.807, 2.05) is 44.2 Å². The lowest BCUT2D eigenvalue weighted by Crippen LogP contribution is -2.19.